The van der Waals surface area contributed by atoms with E-state index in [2.05, 4.69) is 5.32 Å². The summed E-state index contributed by atoms with van der Waals surface area (Å²) in [6.07, 6.45) is 0. The third-order valence-electron chi connectivity index (χ3n) is 4.76. The molecule has 1 N–H and O–H groups in total. The Morgan fingerprint density at radius 1 is 0.938 bits per heavy atom. The van der Waals surface area contributed by atoms with E-state index >= 15 is 0 Å². The normalized spacial score (nSPS) is 11.8. The lowest BCUT2D eigenvalue weighted by molar-refractivity contribution is 0.0998. The fourth-order valence-electron chi connectivity index (χ4n) is 3.21. The Morgan fingerprint density at radius 2 is 1.81 bits per heavy atom. The quantitative estimate of drug-likeness (QED) is 0.467. The predicted molar refractivity (Wildman–Crippen MR) is 120 cm³/mol. The molecule has 32 heavy (non-hydrogen) atoms. The van der Waals surface area contributed by atoms with Gasteiger partial charge in [-0.3, -0.25) is 4.79 Å². The molecule has 0 aliphatic carbocycles. The van der Waals surface area contributed by atoms with Crippen LogP contribution < -0.4 is 24.3 Å². The lowest BCUT2D eigenvalue weighted by Gasteiger charge is -2.12. The maximum absolute atomic E-state index is 12.8. The van der Waals surface area contributed by atoms with Gasteiger partial charge in [0.1, 0.15) is 24.7 Å². The summed E-state index contributed by atoms with van der Waals surface area (Å²) in [4.78, 5) is 12.8. The van der Waals surface area contributed by atoms with Crippen molar-refractivity contribution >= 4 is 11.6 Å². The van der Waals surface area contributed by atoms with E-state index in [4.69, 9.17) is 23.7 Å². The van der Waals surface area contributed by atoms with Crippen LogP contribution in [0.3, 0.4) is 0 Å². The Hall–Kier alpha value is -3.71. The number of ether oxygens (including phenoxy) is 5. The number of hydrogen-bond donors (Lipinski definition) is 1. The molecular weight excluding hydrogens is 410 g/mol. The van der Waals surface area contributed by atoms with Gasteiger partial charge in [-0.05, 0) is 48.9 Å². The van der Waals surface area contributed by atoms with Crippen molar-refractivity contribution < 1.29 is 28.5 Å². The van der Waals surface area contributed by atoms with Crippen molar-refractivity contribution in [3.63, 3.8) is 0 Å². The van der Waals surface area contributed by atoms with Crippen molar-refractivity contribution in [2.45, 2.75) is 13.5 Å². The Bertz CT molecular complexity index is 1070. The average molecular weight is 435 g/mol. The second-order valence-electron chi connectivity index (χ2n) is 7.00. The van der Waals surface area contributed by atoms with Crippen molar-refractivity contribution in [3.8, 4) is 23.0 Å². The fourth-order valence-corrected chi connectivity index (χ4v) is 3.21. The van der Waals surface area contributed by atoms with Gasteiger partial charge in [-0.1, -0.05) is 24.3 Å². The topological polar surface area (TPSA) is 75.3 Å². The fraction of sp³-hybridized carbons (Fsp3) is 0.240. The van der Waals surface area contributed by atoms with Crippen LogP contribution in [0.2, 0.25) is 0 Å². The molecule has 1 aliphatic heterocycles. The first-order valence-corrected chi connectivity index (χ1v) is 10.5. The number of nitrogens with one attached hydrogen (secondary N) is 1. The lowest BCUT2D eigenvalue weighted by Crippen LogP contribution is -2.15. The van der Waals surface area contributed by atoms with Crippen molar-refractivity contribution in [2.24, 2.45) is 0 Å². The number of rotatable bonds is 10. The van der Waals surface area contributed by atoms with Crippen LogP contribution in [-0.4, -0.2) is 32.5 Å². The highest BCUT2D eigenvalue weighted by Crippen LogP contribution is 2.35. The minimum absolute atomic E-state index is 0.223. The molecule has 0 saturated heterocycles. The average Bonchev–Trinajstić information content (AvgIpc) is 3.29. The number of carbonyl (C=O) groups excluding carboxylic acids is 1. The summed E-state index contributed by atoms with van der Waals surface area (Å²) in [5.74, 6) is 2.34. The second-order valence-corrected chi connectivity index (χ2v) is 7.00. The monoisotopic (exact) mass is 435 g/mol. The minimum atomic E-state index is -0.245. The van der Waals surface area contributed by atoms with Crippen LogP contribution in [0.5, 0.6) is 23.0 Å². The van der Waals surface area contributed by atoms with E-state index in [0.29, 0.717) is 60.7 Å². The molecule has 166 valence electrons. The first kappa shape index (κ1) is 21.5. The van der Waals surface area contributed by atoms with Gasteiger partial charge in [-0.2, -0.15) is 0 Å². The van der Waals surface area contributed by atoms with Crippen LogP contribution in [0.1, 0.15) is 22.8 Å². The predicted octanol–water partition coefficient (Wildman–Crippen LogP) is 4.66. The lowest BCUT2D eigenvalue weighted by atomic mass is 10.1. The van der Waals surface area contributed by atoms with E-state index in [1.807, 2.05) is 49.4 Å². The van der Waals surface area contributed by atoms with Gasteiger partial charge < -0.3 is 29.0 Å². The van der Waals surface area contributed by atoms with Crippen molar-refractivity contribution in [1.29, 1.82) is 0 Å². The molecule has 0 spiro atoms. The van der Waals surface area contributed by atoms with Crippen LogP contribution in [0.15, 0.2) is 66.7 Å². The Labute approximate surface area is 186 Å². The summed E-state index contributed by atoms with van der Waals surface area (Å²) in [7, 11) is 0. The Morgan fingerprint density at radius 3 is 2.72 bits per heavy atom. The molecule has 1 aliphatic rings. The molecule has 1 heterocycles. The highest BCUT2D eigenvalue weighted by atomic mass is 16.7. The number of benzene rings is 3. The van der Waals surface area contributed by atoms with Gasteiger partial charge in [0.25, 0.3) is 5.91 Å². The first-order valence-electron chi connectivity index (χ1n) is 10.5. The van der Waals surface area contributed by atoms with Gasteiger partial charge in [0.15, 0.2) is 11.5 Å². The molecule has 4 rings (SSSR count). The maximum atomic E-state index is 12.8. The Balaban J connectivity index is 1.37. The van der Waals surface area contributed by atoms with E-state index < -0.39 is 0 Å². The number of carbonyl (C=O) groups is 1. The van der Waals surface area contributed by atoms with Crippen molar-refractivity contribution in [1.82, 2.24) is 0 Å². The van der Waals surface area contributed by atoms with E-state index in [-0.39, 0.29) is 12.7 Å². The highest BCUT2D eigenvalue weighted by molar-refractivity contribution is 6.06. The van der Waals surface area contributed by atoms with Crippen LogP contribution in [-0.2, 0) is 11.3 Å². The standard InChI is InChI=1S/C25H25NO6/c1-2-28-12-13-29-22-9-4-3-8-21(22)25(27)26-19-7-5-6-18(14-19)16-30-20-10-11-23-24(15-20)32-17-31-23/h3-11,14-15H,2,12-13,16-17H2,1H3,(H,26,27). The summed E-state index contributed by atoms with van der Waals surface area (Å²) in [5, 5.41) is 2.93. The zero-order chi connectivity index (χ0) is 22.2. The van der Waals surface area contributed by atoms with Crippen LogP contribution in [0.25, 0.3) is 0 Å². The maximum Gasteiger partial charge on any atom is 0.259 e. The zero-order valence-corrected chi connectivity index (χ0v) is 17.8. The molecule has 0 fully saturated rings. The third kappa shape index (κ3) is 5.50. The molecule has 0 aromatic heterocycles. The molecule has 0 unspecified atom stereocenters. The first-order chi connectivity index (χ1) is 15.7. The third-order valence-corrected chi connectivity index (χ3v) is 4.76. The van der Waals surface area contributed by atoms with Crippen LogP contribution in [0.4, 0.5) is 5.69 Å². The molecule has 0 bridgehead atoms. The minimum Gasteiger partial charge on any atom is -0.490 e. The Kier molecular flexibility index (Phi) is 7.09. The van der Waals surface area contributed by atoms with Gasteiger partial charge in [-0.25, -0.2) is 0 Å². The number of anilines is 1. The van der Waals surface area contributed by atoms with Gasteiger partial charge in [0.2, 0.25) is 6.79 Å². The summed E-state index contributed by atoms with van der Waals surface area (Å²) < 4.78 is 27.6. The van der Waals surface area contributed by atoms with Crippen molar-refractivity contribution in [2.75, 3.05) is 31.9 Å². The number of fused-ring (bicyclic) bond motifs is 1. The number of para-hydroxylation sites is 1. The van der Waals surface area contributed by atoms with Crippen molar-refractivity contribution in [3.05, 3.63) is 77.9 Å². The van der Waals surface area contributed by atoms with Crippen LogP contribution in [0, 0.1) is 0 Å². The SMILES string of the molecule is CCOCCOc1ccccc1C(=O)Nc1cccc(COc2ccc3c(c2)OCO3)c1. The molecule has 3 aromatic rings. The largest absolute Gasteiger partial charge is 0.490 e. The number of hydrogen-bond acceptors (Lipinski definition) is 6. The van der Waals surface area contributed by atoms with E-state index in [1.165, 1.54) is 0 Å². The smallest absolute Gasteiger partial charge is 0.259 e. The summed E-state index contributed by atoms with van der Waals surface area (Å²) in [5.41, 5.74) is 2.05. The van der Waals surface area contributed by atoms with E-state index in [1.54, 1.807) is 24.3 Å². The molecule has 7 heteroatoms. The molecule has 0 atom stereocenters. The summed E-state index contributed by atoms with van der Waals surface area (Å²) >= 11 is 0. The molecule has 3 aromatic carbocycles. The second kappa shape index (κ2) is 10.5. The molecule has 0 radical (unpaired) electrons. The number of amides is 1. The molecular formula is C25H25NO6. The van der Waals surface area contributed by atoms with E-state index in [9.17, 15) is 4.79 Å². The molecule has 7 nitrogen and oxygen atoms in total. The van der Waals surface area contributed by atoms with Gasteiger partial charge in [-0.15, -0.1) is 0 Å². The molecule has 0 saturated carbocycles. The summed E-state index contributed by atoms with van der Waals surface area (Å²) in [6, 6.07) is 20.1. The molecule has 1 amide bonds. The van der Waals surface area contributed by atoms with Crippen LogP contribution >= 0.6 is 0 Å². The summed E-state index contributed by atoms with van der Waals surface area (Å²) in [6.45, 7) is 3.97. The van der Waals surface area contributed by atoms with Gasteiger partial charge in [0.05, 0.1) is 12.2 Å². The zero-order valence-electron chi connectivity index (χ0n) is 17.8. The van der Waals surface area contributed by atoms with Gasteiger partial charge >= 0.3 is 0 Å². The van der Waals surface area contributed by atoms with Gasteiger partial charge in [0, 0.05) is 18.4 Å². The van der Waals surface area contributed by atoms with E-state index in [0.717, 1.165) is 5.56 Å². The highest BCUT2D eigenvalue weighted by Gasteiger charge is 2.14.